The number of carbonyl (C=O) groups is 1. The molecule has 3 rings (SSSR count). The molecule has 1 unspecified atom stereocenters. The maximum Gasteiger partial charge on any atom is 0.322 e. The predicted molar refractivity (Wildman–Crippen MR) is 81.1 cm³/mol. The molecule has 1 aromatic carbocycles. The van der Waals surface area contributed by atoms with Crippen molar-refractivity contribution in [2.45, 2.75) is 51.1 Å². The van der Waals surface area contributed by atoms with Gasteiger partial charge in [0.15, 0.2) is 0 Å². The highest BCUT2D eigenvalue weighted by Gasteiger charge is 2.59. The number of hydrogen-bond donors (Lipinski definition) is 1. The Kier molecular flexibility index (Phi) is 2.89. The zero-order valence-electron chi connectivity index (χ0n) is 12.4. The average molecular weight is 270 g/mol. The van der Waals surface area contributed by atoms with Gasteiger partial charge in [-0.05, 0) is 37.5 Å². The van der Waals surface area contributed by atoms with E-state index in [0.29, 0.717) is 0 Å². The third-order valence-electron chi connectivity index (χ3n) is 4.79. The monoisotopic (exact) mass is 270 g/mol. The molecule has 106 valence electrons. The van der Waals surface area contributed by atoms with Gasteiger partial charge in [0.1, 0.15) is 0 Å². The van der Waals surface area contributed by atoms with Crippen molar-refractivity contribution in [2.75, 3.05) is 0 Å². The maximum absolute atomic E-state index is 12.4. The molecule has 0 radical (unpaired) electrons. The molecule has 3 nitrogen and oxygen atoms in total. The Morgan fingerprint density at radius 1 is 1.25 bits per heavy atom. The zero-order valence-corrected chi connectivity index (χ0v) is 12.4. The van der Waals surface area contributed by atoms with Crippen LogP contribution < -0.4 is 5.32 Å². The molecular formula is C17H22N2O. The number of amides is 2. The number of benzene rings is 1. The van der Waals surface area contributed by atoms with Crippen LogP contribution in [0.2, 0.25) is 0 Å². The van der Waals surface area contributed by atoms with Crippen LogP contribution in [0, 0.1) is 0 Å². The van der Waals surface area contributed by atoms with Gasteiger partial charge in [0.05, 0.1) is 11.1 Å². The molecule has 1 fully saturated rings. The lowest BCUT2D eigenvalue weighted by Gasteiger charge is -2.47. The van der Waals surface area contributed by atoms with Crippen LogP contribution >= 0.6 is 0 Å². The maximum atomic E-state index is 12.4. The molecule has 20 heavy (non-hydrogen) atoms. The van der Waals surface area contributed by atoms with Gasteiger partial charge >= 0.3 is 6.03 Å². The summed E-state index contributed by atoms with van der Waals surface area (Å²) in [6.07, 6.45) is 7.21. The first-order valence-corrected chi connectivity index (χ1v) is 7.42. The normalized spacial score (nSPS) is 26.1. The number of fused-ring (bicyclic) bond motifs is 3. The summed E-state index contributed by atoms with van der Waals surface area (Å²) in [6.45, 7) is 6.47. The SMILES string of the molecule is CCCCC12c3ccccc3C=CN1C(=O)NC2(C)C. The van der Waals surface area contributed by atoms with Crippen molar-refractivity contribution in [1.29, 1.82) is 0 Å². The van der Waals surface area contributed by atoms with Crippen LogP contribution in [0.3, 0.4) is 0 Å². The van der Waals surface area contributed by atoms with Gasteiger partial charge in [0.25, 0.3) is 0 Å². The van der Waals surface area contributed by atoms with Gasteiger partial charge in [-0.2, -0.15) is 0 Å². The minimum absolute atomic E-state index is 0.0110. The highest BCUT2D eigenvalue weighted by Crippen LogP contribution is 2.50. The number of rotatable bonds is 3. The summed E-state index contributed by atoms with van der Waals surface area (Å²) in [5.41, 5.74) is 1.94. The van der Waals surface area contributed by atoms with Crippen LogP contribution in [-0.4, -0.2) is 16.5 Å². The molecule has 1 N–H and O–H groups in total. The lowest BCUT2D eigenvalue weighted by atomic mass is 9.69. The van der Waals surface area contributed by atoms with Crippen LogP contribution in [0.4, 0.5) is 4.79 Å². The van der Waals surface area contributed by atoms with Gasteiger partial charge < -0.3 is 5.32 Å². The Balaban J connectivity index is 2.22. The van der Waals surface area contributed by atoms with E-state index in [1.807, 2.05) is 17.2 Å². The number of carbonyl (C=O) groups excluding carboxylic acids is 1. The Bertz CT molecular complexity index is 576. The van der Waals surface area contributed by atoms with E-state index in [0.717, 1.165) is 19.3 Å². The molecule has 0 spiro atoms. The van der Waals surface area contributed by atoms with Gasteiger partial charge in [0, 0.05) is 6.20 Å². The molecule has 2 aliphatic rings. The van der Waals surface area contributed by atoms with Crippen molar-refractivity contribution in [2.24, 2.45) is 0 Å². The number of nitrogens with one attached hydrogen (secondary N) is 1. The van der Waals surface area contributed by atoms with E-state index in [1.54, 1.807) is 0 Å². The highest BCUT2D eigenvalue weighted by molar-refractivity contribution is 5.84. The Hall–Kier alpha value is -1.77. The van der Waals surface area contributed by atoms with Crippen LogP contribution in [0.1, 0.15) is 51.2 Å². The molecule has 1 saturated heterocycles. The first-order chi connectivity index (χ1) is 9.53. The van der Waals surface area contributed by atoms with Crippen LogP contribution in [-0.2, 0) is 5.54 Å². The Morgan fingerprint density at radius 3 is 2.75 bits per heavy atom. The van der Waals surface area contributed by atoms with Crippen LogP contribution in [0.15, 0.2) is 30.5 Å². The summed E-state index contributed by atoms with van der Waals surface area (Å²) < 4.78 is 0. The van der Waals surface area contributed by atoms with Crippen molar-refractivity contribution in [3.8, 4) is 0 Å². The molecule has 1 atom stereocenters. The molecule has 3 heteroatoms. The minimum atomic E-state index is -0.278. The van der Waals surface area contributed by atoms with E-state index in [2.05, 4.69) is 50.4 Å². The molecule has 0 aromatic heterocycles. The molecule has 0 saturated carbocycles. The second-order valence-corrected chi connectivity index (χ2v) is 6.29. The number of hydrogen-bond acceptors (Lipinski definition) is 1. The van der Waals surface area contributed by atoms with Crippen molar-refractivity contribution in [3.63, 3.8) is 0 Å². The Morgan fingerprint density at radius 2 is 2.00 bits per heavy atom. The summed E-state index contributed by atoms with van der Waals surface area (Å²) in [4.78, 5) is 14.3. The highest BCUT2D eigenvalue weighted by atomic mass is 16.2. The minimum Gasteiger partial charge on any atom is -0.330 e. The molecule has 1 aromatic rings. The van der Waals surface area contributed by atoms with E-state index in [9.17, 15) is 4.79 Å². The van der Waals surface area contributed by atoms with E-state index >= 15 is 0 Å². The van der Waals surface area contributed by atoms with Crippen LogP contribution in [0.5, 0.6) is 0 Å². The molecule has 2 heterocycles. The van der Waals surface area contributed by atoms with Gasteiger partial charge in [-0.1, -0.05) is 44.0 Å². The summed E-state index contributed by atoms with van der Waals surface area (Å²) in [5, 5.41) is 3.16. The zero-order chi connectivity index (χ0) is 14.4. The second kappa shape index (κ2) is 4.37. The fourth-order valence-corrected chi connectivity index (χ4v) is 3.74. The molecular weight excluding hydrogens is 248 g/mol. The van der Waals surface area contributed by atoms with Crippen molar-refractivity contribution < 1.29 is 4.79 Å². The molecule has 2 amide bonds. The second-order valence-electron chi connectivity index (χ2n) is 6.29. The van der Waals surface area contributed by atoms with Gasteiger partial charge in [-0.15, -0.1) is 0 Å². The number of unbranched alkanes of at least 4 members (excludes halogenated alkanes) is 1. The molecule has 0 aliphatic carbocycles. The van der Waals surface area contributed by atoms with Gasteiger partial charge in [-0.25, -0.2) is 4.79 Å². The first-order valence-electron chi connectivity index (χ1n) is 7.42. The molecule has 0 bridgehead atoms. The average Bonchev–Trinajstić information content (AvgIpc) is 2.63. The Labute approximate surface area is 120 Å². The van der Waals surface area contributed by atoms with Gasteiger partial charge in [-0.3, -0.25) is 4.90 Å². The first kappa shape index (κ1) is 13.2. The largest absolute Gasteiger partial charge is 0.330 e. The summed E-state index contributed by atoms with van der Waals surface area (Å²) in [7, 11) is 0. The van der Waals surface area contributed by atoms with Gasteiger partial charge in [0.2, 0.25) is 0 Å². The third-order valence-corrected chi connectivity index (χ3v) is 4.79. The third kappa shape index (κ3) is 1.55. The van der Waals surface area contributed by atoms with E-state index in [1.165, 1.54) is 11.1 Å². The number of urea groups is 1. The van der Waals surface area contributed by atoms with Crippen molar-refractivity contribution >= 4 is 12.1 Å². The van der Waals surface area contributed by atoms with Crippen molar-refractivity contribution in [1.82, 2.24) is 10.2 Å². The smallest absolute Gasteiger partial charge is 0.322 e. The van der Waals surface area contributed by atoms with Crippen LogP contribution in [0.25, 0.3) is 6.08 Å². The standard InChI is InChI=1S/C17H22N2O/c1-4-5-11-17-14-9-7-6-8-13(14)10-12-19(17)15(20)18-16(17,2)3/h6-10,12H,4-5,11H2,1-3H3,(H,18,20). The quantitative estimate of drug-likeness (QED) is 0.888. The van der Waals surface area contributed by atoms with E-state index < -0.39 is 0 Å². The predicted octanol–water partition coefficient (Wildman–Crippen LogP) is 3.86. The summed E-state index contributed by atoms with van der Waals surface area (Å²) in [6, 6.07) is 8.45. The fraction of sp³-hybridized carbons (Fsp3) is 0.471. The van der Waals surface area contributed by atoms with E-state index in [4.69, 9.17) is 0 Å². The van der Waals surface area contributed by atoms with E-state index in [-0.39, 0.29) is 17.1 Å². The van der Waals surface area contributed by atoms with Crippen molar-refractivity contribution in [3.05, 3.63) is 41.6 Å². The molecule has 2 aliphatic heterocycles. The number of nitrogens with zero attached hydrogens (tertiary/aromatic N) is 1. The topological polar surface area (TPSA) is 32.3 Å². The summed E-state index contributed by atoms with van der Waals surface area (Å²) in [5.74, 6) is 0. The fourth-order valence-electron chi connectivity index (χ4n) is 3.74. The lowest BCUT2D eigenvalue weighted by molar-refractivity contribution is 0.125. The summed E-state index contributed by atoms with van der Waals surface area (Å²) >= 11 is 0. The lowest BCUT2D eigenvalue weighted by Crippen LogP contribution is -2.54.